The molecule has 11 N–H and O–H groups in total. The number of ketones is 1. The maximum atomic E-state index is 15.3. The van der Waals surface area contributed by atoms with Crippen LogP contribution in [0.3, 0.4) is 0 Å². The number of morpholine rings is 1. The SMILES string of the molecule is CC(C)(C)OC(=O)[C@@]1(C(=O)[C@H](Cc2cnc[nH]2)NC(=O)[C@@H](N)Cc2ccccc2)COCCN1C(=O)N(C(=O)CC(O)[C@@H](N)CC1CCCCC1)C(=O)[C@@H](N)CCCCN. The molecule has 1 saturated carbocycles. The summed E-state index contributed by atoms with van der Waals surface area (Å²) >= 11 is 0. The van der Waals surface area contributed by atoms with Gasteiger partial charge in [0.2, 0.25) is 17.4 Å². The van der Waals surface area contributed by atoms with Crippen LogP contribution >= 0.6 is 0 Å². The van der Waals surface area contributed by atoms with E-state index in [1.54, 1.807) is 45.0 Å². The van der Waals surface area contributed by atoms with E-state index in [1.165, 1.54) is 12.5 Å². The van der Waals surface area contributed by atoms with Gasteiger partial charge in [0.1, 0.15) is 5.60 Å². The zero-order chi connectivity index (χ0) is 44.0. The van der Waals surface area contributed by atoms with Crippen molar-refractivity contribution >= 4 is 35.5 Å². The Morgan fingerprint density at radius 2 is 1.73 bits per heavy atom. The number of hydrogen-bond donors (Lipinski definition) is 7. The van der Waals surface area contributed by atoms with E-state index >= 15 is 9.59 Å². The van der Waals surface area contributed by atoms with Gasteiger partial charge in [0.15, 0.2) is 5.78 Å². The minimum atomic E-state index is -2.66. The summed E-state index contributed by atoms with van der Waals surface area (Å²) in [6.45, 7) is 3.55. The lowest BCUT2D eigenvalue weighted by molar-refractivity contribution is -0.182. The first-order valence-corrected chi connectivity index (χ1v) is 21.0. The number of esters is 1. The number of carbonyl (C=O) groups excluding carboxylic acids is 6. The predicted octanol–water partition coefficient (Wildman–Crippen LogP) is 0.969. The number of aliphatic hydroxyl groups is 1. The standard InChI is InChI=1S/C42H65N9O9/c1-41(2,3)60-39(57)42(36(54)33(22-29-24-47-26-48-29)49-37(55)32(46)21-28-14-8-5-9-15-28)25-59-19-18-50(42)40(58)51(38(56)30(44)16-10-11-17-43)35(53)23-34(52)31(45)20-27-12-6-4-7-13-27/h5,8-9,14-15,24,26-27,30-34,52H,4,6-7,10-13,16-23,25,43-46H2,1-3H3,(H,47,48)(H,49,55)/t30-,31-,32-,33-,34?,42-/m0/s1. The third-order valence-electron chi connectivity index (χ3n) is 11.0. The molecule has 0 bridgehead atoms. The summed E-state index contributed by atoms with van der Waals surface area (Å²) in [6, 6.07) is 2.73. The molecule has 6 atom stereocenters. The van der Waals surface area contributed by atoms with E-state index in [0.717, 1.165) is 42.6 Å². The highest BCUT2D eigenvalue weighted by atomic mass is 16.6. The van der Waals surface area contributed by atoms with Crippen molar-refractivity contribution in [2.75, 3.05) is 26.3 Å². The van der Waals surface area contributed by atoms with Crippen molar-refractivity contribution in [2.24, 2.45) is 28.9 Å². The Labute approximate surface area is 351 Å². The van der Waals surface area contributed by atoms with E-state index in [4.69, 9.17) is 32.4 Å². The van der Waals surface area contributed by atoms with Crippen LogP contribution in [0.15, 0.2) is 42.9 Å². The van der Waals surface area contributed by atoms with Crippen molar-refractivity contribution in [1.82, 2.24) is 25.1 Å². The molecule has 18 nitrogen and oxygen atoms in total. The highest BCUT2D eigenvalue weighted by Crippen LogP contribution is 2.31. The zero-order valence-electron chi connectivity index (χ0n) is 35.2. The van der Waals surface area contributed by atoms with Crippen molar-refractivity contribution in [3.63, 3.8) is 0 Å². The molecule has 0 radical (unpaired) electrons. The van der Waals surface area contributed by atoms with Crippen LogP contribution in [0.2, 0.25) is 0 Å². The number of nitrogens with zero attached hydrogens (tertiary/aromatic N) is 3. The number of imide groups is 3. The number of Topliss-reactive ketones (excluding diaryl/α,β-unsaturated/α-hetero) is 1. The van der Waals surface area contributed by atoms with Gasteiger partial charge in [-0.3, -0.25) is 24.1 Å². The Kier molecular flexibility index (Phi) is 17.9. The van der Waals surface area contributed by atoms with E-state index < -0.39 is 96.5 Å². The van der Waals surface area contributed by atoms with Gasteiger partial charge in [0.25, 0.3) is 5.91 Å². The van der Waals surface area contributed by atoms with Crippen LogP contribution in [0.25, 0.3) is 0 Å². The molecule has 2 heterocycles. The Hall–Kier alpha value is -4.59. The molecule has 0 spiro atoms. The van der Waals surface area contributed by atoms with E-state index in [2.05, 4.69) is 15.3 Å². The van der Waals surface area contributed by atoms with Crippen molar-refractivity contribution in [3.05, 3.63) is 54.1 Å². The average Bonchev–Trinajstić information content (AvgIpc) is 3.73. The molecule has 1 aliphatic carbocycles. The molecule has 1 aliphatic heterocycles. The van der Waals surface area contributed by atoms with Crippen molar-refractivity contribution in [3.8, 4) is 0 Å². The monoisotopic (exact) mass is 839 g/mol. The van der Waals surface area contributed by atoms with Gasteiger partial charge < -0.3 is 47.8 Å². The number of aromatic nitrogens is 2. The molecule has 2 fully saturated rings. The Morgan fingerprint density at radius 1 is 1.03 bits per heavy atom. The molecule has 60 heavy (non-hydrogen) atoms. The third kappa shape index (κ3) is 13.0. The average molecular weight is 840 g/mol. The van der Waals surface area contributed by atoms with Crippen LogP contribution in [0.4, 0.5) is 4.79 Å². The number of aromatic amines is 1. The molecule has 1 saturated heterocycles. The van der Waals surface area contributed by atoms with Crippen LogP contribution in [0, 0.1) is 5.92 Å². The summed E-state index contributed by atoms with van der Waals surface area (Å²) in [5.74, 6) is -4.99. The molecular formula is C42H65N9O9. The van der Waals surface area contributed by atoms with Crippen LogP contribution in [-0.4, -0.2) is 128 Å². The van der Waals surface area contributed by atoms with E-state index in [1.807, 2.05) is 6.07 Å². The number of aliphatic hydroxyl groups excluding tert-OH is 1. The highest BCUT2D eigenvalue weighted by molar-refractivity contribution is 6.18. The quantitative estimate of drug-likeness (QED) is 0.0590. The third-order valence-corrected chi connectivity index (χ3v) is 11.0. The number of amides is 5. The van der Waals surface area contributed by atoms with E-state index in [9.17, 15) is 24.3 Å². The fraction of sp³-hybridized carbons (Fsp3) is 0.643. The molecule has 1 aromatic heterocycles. The molecule has 18 heteroatoms. The molecular weight excluding hydrogens is 775 g/mol. The van der Waals surface area contributed by atoms with Gasteiger partial charge in [0.05, 0.1) is 50.2 Å². The minimum Gasteiger partial charge on any atom is -0.458 e. The van der Waals surface area contributed by atoms with Crippen molar-refractivity contribution in [2.45, 2.75) is 139 Å². The number of hydrogen-bond acceptors (Lipinski definition) is 14. The summed E-state index contributed by atoms with van der Waals surface area (Å²) in [6.07, 6.45) is 6.96. The molecule has 1 unspecified atom stereocenters. The maximum Gasteiger partial charge on any atom is 0.343 e. The first-order valence-electron chi connectivity index (χ1n) is 21.0. The summed E-state index contributed by atoms with van der Waals surface area (Å²) < 4.78 is 11.6. The fourth-order valence-electron chi connectivity index (χ4n) is 7.72. The second kappa shape index (κ2) is 22.3. The first-order chi connectivity index (χ1) is 28.5. The van der Waals surface area contributed by atoms with Crippen molar-refractivity contribution in [1.29, 1.82) is 0 Å². The summed E-state index contributed by atoms with van der Waals surface area (Å²) in [7, 11) is 0. The number of ether oxygens (including phenoxy) is 2. The molecule has 1 aromatic carbocycles. The minimum absolute atomic E-state index is 0.0532. The van der Waals surface area contributed by atoms with Crippen LogP contribution in [0.5, 0.6) is 0 Å². The molecule has 5 amide bonds. The van der Waals surface area contributed by atoms with Gasteiger partial charge in [-0.05, 0) is 64.5 Å². The number of carbonyl (C=O) groups is 6. The van der Waals surface area contributed by atoms with Gasteiger partial charge >= 0.3 is 12.0 Å². The number of unbranched alkanes of at least 4 members (excludes halogenated alkanes) is 1. The van der Waals surface area contributed by atoms with Gasteiger partial charge in [-0.25, -0.2) is 14.6 Å². The number of urea groups is 1. The molecule has 332 valence electrons. The second-order valence-corrected chi connectivity index (χ2v) is 17.0. The summed E-state index contributed by atoms with van der Waals surface area (Å²) in [5, 5.41) is 13.9. The molecule has 4 rings (SSSR count). The predicted molar refractivity (Wildman–Crippen MR) is 221 cm³/mol. The first kappa shape index (κ1) is 48.1. The Bertz CT molecular complexity index is 1730. The fourth-order valence-corrected chi connectivity index (χ4v) is 7.72. The Morgan fingerprint density at radius 3 is 2.37 bits per heavy atom. The number of imidazole rings is 1. The van der Waals surface area contributed by atoms with Gasteiger partial charge in [0, 0.05) is 30.9 Å². The molecule has 2 aliphatic rings. The Balaban J connectivity index is 1.76. The highest BCUT2D eigenvalue weighted by Gasteiger charge is 2.60. The maximum absolute atomic E-state index is 15.3. The summed E-state index contributed by atoms with van der Waals surface area (Å²) in [4.78, 5) is 95.1. The molecule has 2 aromatic rings. The van der Waals surface area contributed by atoms with Crippen LogP contribution < -0.4 is 28.3 Å². The number of rotatable bonds is 19. The largest absolute Gasteiger partial charge is 0.458 e. The smallest absolute Gasteiger partial charge is 0.343 e. The number of H-pyrrole nitrogens is 1. The van der Waals surface area contributed by atoms with Gasteiger partial charge in [-0.2, -0.15) is 4.90 Å². The van der Waals surface area contributed by atoms with Crippen LogP contribution in [0.1, 0.15) is 96.2 Å². The van der Waals surface area contributed by atoms with E-state index in [-0.39, 0.29) is 31.8 Å². The second-order valence-electron chi connectivity index (χ2n) is 17.0. The number of nitrogens with two attached hydrogens (primary N) is 4. The summed E-state index contributed by atoms with van der Waals surface area (Å²) in [5.41, 5.74) is 22.0. The van der Waals surface area contributed by atoms with Gasteiger partial charge in [-0.15, -0.1) is 0 Å². The van der Waals surface area contributed by atoms with Crippen LogP contribution in [-0.2, 0) is 46.3 Å². The number of benzene rings is 1. The lowest BCUT2D eigenvalue weighted by Crippen LogP contribution is -2.74. The lowest BCUT2D eigenvalue weighted by Gasteiger charge is -2.46. The lowest BCUT2D eigenvalue weighted by atomic mass is 9.83. The normalized spacial score (nSPS) is 20.0. The van der Waals surface area contributed by atoms with Gasteiger partial charge in [-0.1, -0.05) is 68.9 Å². The van der Waals surface area contributed by atoms with Crippen molar-refractivity contribution < 1.29 is 43.3 Å². The van der Waals surface area contributed by atoms with E-state index in [0.29, 0.717) is 36.4 Å². The zero-order valence-corrected chi connectivity index (χ0v) is 35.2. The number of nitrogens with one attached hydrogen (secondary N) is 2. The topological polar surface area (TPSA) is 292 Å².